The van der Waals surface area contributed by atoms with Crippen molar-refractivity contribution in [3.05, 3.63) is 28.5 Å². The molecule has 0 fully saturated rings. The highest BCUT2D eigenvalue weighted by atomic mass is 32.2. The van der Waals surface area contributed by atoms with Crippen LogP contribution in [0, 0.1) is 0 Å². The highest BCUT2D eigenvalue weighted by Gasteiger charge is 2.29. The molecule has 0 bridgehead atoms. The quantitative estimate of drug-likeness (QED) is 0.845. The van der Waals surface area contributed by atoms with Gasteiger partial charge < -0.3 is 5.11 Å². The summed E-state index contributed by atoms with van der Waals surface area (Å²) in [5.74, 6) is -1.20. The van der Waals surface area contributed by atoms with Gasteiger partial charge in [0.1, 0.15) is 9.77 Å². The monoisotopic (exact) mass is 273 g/mol. The molecule has 0 saturated heterocycles. The molecule has 0 saturated carbocycles. The molecule has 0 unspecified atom stereocenters. The predicted octanol–water partition coefficient (Wildman–Crippen LogP) is 1.40. The largest absolute Gasteiger partial charge is 0.477 e. The van der Waals surface area contributed by atoms with E-state index in [4.69, 9.17) is 5.11 Å². The minimum absolute atomic E-state index is 0.106. The van der Waals surface area contributed by atoms with Gasteiger partial charge in [0.2, 0.25) is 10.0 Å². The number of thiophene rings is 1. The molecule has 1 aromatic rings. The Hall–Kier alpha value is -1.18. The zero-order chi connectivity index (χ0) is 12.5. The fourth-order valence-corrected chi connectivity index (χ4v) is 4.27. The molecule has 0 spiro atoms. The lowest BCUT2D eigenvalue weighted by Gasteiger charge is -2.22. The summed E-state index contributed by atoms with van der Waals surface area (Å²) in [5, 5.41) is 10.4. The van der Waals surface area contributed by atoms with Gasteiger partial charge in [-0.1, -0.05) is 12.2 Å². The third-order valence-corrected chi connectivity index (χ3v) is 5.40. The highest BCUT2D eigenvalue weighted by molar-refractivity contribution is 7.89. The average Bonchev–Trinajstić information content (AvgIpc) is 2.80. The number of nitrogens with zero attached hydrogens (tertiary/aromatic N) is 1. The minimum atomic E-state index is -3.68. The van der Waals surface area contributed by atoms with Crippen LogP contribution in [0.2, 0.25) is 0 Å². The molecule has 1 aliphatic rings. The molecule has 0 aliphatic carbocycles. The second kappa shape index (κ2) is 4.59. The highest BCUT2D eigenvalue weighted by Crippen LogP contribution is 2.26. The van der Waals surface area contributed by atoms with Crippen LogP contribution in [0.25, 0.3) is 0 Å². The van der Waals surface area contributed by atoms with Gasteiger partial charge in [0.15, 0.2) is 0 Å². The SMILES string of the molecule is O=C(O)c1sccc1S(=O)(=O)N1CC=CCC1. The van der Waals surface area contributed by atoms with E-state index in [1.807, 2.05) is 6.08 Å². The third kappa shape index (κ3) is 2.26. The summed E-state index contributed by atoms with van der Waals surface area (Å²) >= 11 is 0.925. The van der Waals surface area contributed by atoms with Gasteiger partial charge in [-0.2, -0.15) is 4.31 Å². The fraction of sp³-hybridized carbons (Fsp3) is 0.300. The second-order valence-corrected chi connectivity index (χ2v) is 6.36. The summed E-state index contributed by atoms with van der Waals surface area (Å²) in [7, 11) is -3.68. The summed E-state index contributed by atoms with van der Waals surface area (Å²) in [4.78, 5) is 10.7. The van der Waals surface area contributed by atoms with Crippen molar-refractivity contribution in [1.82, 2.24) is 4.31 Å². The van der Waals surface area contributed by atoms with Gasteiger partial charge in [0.05, 0.1) is 0 Å². The van der Waals surface area contributed by atoms with E-state index in [1.54, 1.807) is 6.08 Å². The van der Waals surface area contributed by atoms with Crippen LogP contribution in [0.15, 0.2) is 28.5 Å². The maximum Gasteiger partial charge on any atom is 0.347 e. The molecule has 5 nitrogen and oxygen atoms in total. The predicted molar refractivity (Wildman–Crippen MR) is 63.8 cm³/mol. The molecular formula is C10H11NO4S2. The summed E-state index contributed by atoms with van der Waals surface area (Å²) in [6, 6.07) is 1.35. The van der Waals surface area contributed by atoms with E-state index in [0.717, 1.165) is 11.3 Å². The first-order chi connectivity index (χ1) is 8.03. The Kier molecular flexibility index (Phi) is 3.32. The van der Waals surface area contributed by atoms with E-state index < -0.39 is 16.0 Å². The van der Waals surface area contributed by atoms with Crippen molar-refractivity contribution in [2.24, 2.45) is 0 Å². The number of carboxylic acids is 1. The molecule has 7 heteroatoms. The zero-order valence-corrected chi connectivity index (χ0v) is 10.5. The lowest BCUT2D eigenvalue weighted by molar-refractivity contribution is 0.0698. The zero-order valence-electron chi connectivity index (χ0n) is 8.87. The van der Waals surface area contributed by atoms with Crippen LogP contribution in [0.4, 0.5) is 0 Å². The number of carboxylic acid groups (broad SMARTS) is 1. The van der Waals surface area contributed by atoms with Crippen molar-refractivity contribution >= 4 is 27.3 Å². The summed E-state index contributed by atoms with van der Waals surface area (Å²) in [5.41, 5.74) is 0. The van der Waals surface area contributed by atoms with Gasteiger partial charge in [0, 0.05) is 13.1 Å². The molecule has 0 amide bonds. The molecule has 17 heavy (non-hydrogen) atoms. The number of aromatic carboxylic acids is 1. The van der Waals surface area contributed by atoms with Crippen molar-refractivity contribution < 1.29 is 18.3 Å². The summed E-state index contributed by atoms with van der Waals surface area (Å²) in [6.07, 6.45) is 4.34. The Morgan fingerprint density at radius 2 is 2.18 bits per heavy atom. The van der Waals surface area contributed by atoms with Crippen LogP contribution in [0.3, 0.4) is 0 Å². The van der Waals surface area contributed by atoms with Crippen LogP contribution < -0.4 is 0 Å². The lowest BCUT2D eigenvalue weighted by atomic mass is 10.3. The topological polar surface area (TPSA) is 74.7 Å². The fourth-order valence-electron chi connectivity index (χ4n) is 1.63. The molecule has 1 aromatic heterocycles. The first kappa shape index (κ1) is 12.3. The Labute approximate surface area is 103 Å². The molecule has 2 heterocycles. The van der Waals surface area contributed by atoms with Gasteiger partial charge in [0.25, 0.3) is 0 Å². The van der Waals surface area contributed by atoms with E-state index in [2.05, 4.69) is 0 Å². The van der Waals surface area contributed by atoms with E-state index >= 15 is 0 Å². The van der Waals surface area contributed by atoms with E-state index in [1.165, 1.54) is 15.8 Å². The summed E-state index contributed by atoms with van der Waals surface area (Å²) in [6.45, 7) is 0.699. The van der Waals surface area contributed by atoms with Crippen LogP contribution in [0.5, 0.6) is 0 Å². The maximum atomic E-state index is 12.2. The number of hydrogen-bond donors (Lipinski definition) is 1. The maximum absolute atomic E-state index is 12.2. The lowest BCUT2D eigenvalue weighted by Crippen LogP contribution is -2.34. The third-order valence-electron chi connectivity index (χ3n) is 2.46. The smallest absolute Gasteiger partial charge is 0.347 e. The van der Waals surface area contributed by atoms with Gasteiger partial charge in [-0.05, 0) is 17.9 Å². The number of rotatable bonds is 3. The van der Waals surface area contributed by atoms with Crippen molar-refractivity contribution in [1.29, 1.82) is 0 Å². The number of sulfonamides is 1. The van der Waals surface area contributed by atoms with E-state index in [-0.39, 0.29) is 9.77 Å². The van der Waals surface area contributed by atoms with Crippen molar-refractivity contribution in [2.75, 3.05) is 13.1 Å². The molecule has 1 N–H and O–H groups in total. The minimum Gasteiger partial charge on any atom is -0.477 e. The standard InChI is InChI=1S/C10H11NO4S2/c12-10(13)9-8(4-7-16-9)17(14,15)11-5-2-1-3-6-11/h1-2,4,7H,3,5-6H2,(H,12,13). The van der Waals surface area contributed by atoms with Crippen LogP contribution in [-0.4, -0.2) is 36.9 Å². The summed E-state index contributed by atoms with van der Waals surface area (Å²) < 4.78 is 25.7. The van der Waals surface area contributed by atoms with E-state index in [9.17, 15) is 13.2 Å². The first-order valence-corrected chi connectivity index (χ1v) is 7.31. The Morgan fingerprint density at radius 1 is 1.41 bits per heavy atom. The molecule has 92 valence electrons. The Balaban J connectivity index is 2.41. The number of carbonyl (C=O) groups is 1. The van der Waals surface area contributed by atoms with Gasteiger partial charge in [-0.3, -0.25) is 0 Å². The van der Waals surface area contributed by atoms with Gasteiger partial charge >= 0.3 is 5.97 Å². The van der Waals surface area contributed by atoms with Crippen molar-refractivity contribution in [3.8, 4) is 0 Å². The van der Waals surface area contributed by atoms with Crippen LogP contribution in [-0.2, 0) is 10.0 Å². The van der Waals surface area contributed by atoms with Crippen LogP contribution in [0.1, 0.15) is 16.1 Å². The average molecular weight is 273 g/mol. The molecule has 0 atom stereocenters. The van der Waals surface area contributed by atoms with Gasteiger partial charge in [-0.15, -0.1) is 11.3 Å². The molecule has 0 radical (unpaired) electrons. The molecule has 2 rings (SSSR count). The van der Waals surface area contributed by atoms with E-state index in [0.29, 0.717) is 19.5 Å². The number of hydrogen-bond acceptors (Lipinski definition) is 4. The normalized spacial score (nSPS) is 17.2. The molecular weight excluding hydrogens is 262 g/mol. The van der Waals surface area contributed by atoms with Crippen molar-refractivity contribution in [3.63, 3.8) is 0 Å². The van der Waals surface area contributed by atoms with Gasteiger partial charge in [-0.25, -0.2) is 13.2 Å². The molecule has 0 aromatic carbocycles. The second-order valence-electron chi connectivity index (χ2n) is 3.54. The van der Waals surface area contributed by atoms with Crippen molar-refractivity contribution in [2.45, 2.75) is 11.3 Å². The Morgan fingerprint density at radius 3 is 2.76 bits per heavy atom. The molecule has 1 aliphatic heterocycles. The van der Waals surface area contributed by atoms with Crippen LogP contribution >= 0.6 is 11.3 Å². The first-order valence-electron chi connectivity index (χ1n) is 4.99. The Bertz CT molecular complexity index is 559.